The van der Waals surface area contributed by atoms with Crippen LogP contribution >= 0.6 is 0 Å². The number of piperazine rings is 1. The van der Waals surface area contributed by atoms with Gasteiger partial charge in [0.05, 0.1) is 0 Å². The summed E-state index contributed by atoms with van der Waals surface area (Å²) in [6.07, 6.45) is 0. The van der Waals surface area contributed by atoms with E-state index in [2.05, 4.69) is 16.3 Å². The van der Waals surface area contributed by atoms with Crippen molar-refractivity contribution in [3.05, 3.63) is 29.3 Å². The molecule has 0 atom stereocenters. The van der Waals surface area contributed by atoms with Crippen LogP contribution in [0.4, 0.5) is 0 Å². The Hall–Kier alpha value is -1.06. The summed E-state index contributed by atoms with van der Waals surface area (Å²) < 4.78 is 0. The zero-order valence-electron chi connectivity index (χ0n) is 9.16. The molecule has 1 fully saturated rings. The Bertz CT molecular complexity index is 332. The Balaban J connectivity index is 2.00. The number of phenols is 1. The maximum Gasteiger partial charge on any atom is 0.118 e. The second kappa shape index (κ2) is 4.64. The first-order chi connectivity index (χ1) is 7.25. The molecule has 0 aromatic heterocycles. The van der Waals surface area contributed by atoms with Gasteiger partial charge in [-0.25, -0.2) is 0 Å². The number of hydrogen-bond donors (Lipinski definition) is 2. The molecule has 1 aromatic rings. The fourth-order valence-electron chi connectivity index (χ4n) is 1.94. The number of aryl methyl sites for hydroxylation is 1. The fourth-order valence-corrected chi connectivity index (χ4v) is 1.94. The van der Waals surface area contributed by atoms with Crippen LogP contribution in [0.2, 0.25) is 0 Å². The second-order valence-electron chi connectivity index (χ2n) is 4.15. The van der Waals surface area contributed by atoms with Gasteiger partial charge >= 0.3 is 0 Å². The average molecular weight is 206 g/mol. The third-order valence-electron chi connectivity index (χ3n) is 2.88. The largest absolute Gasteiger partial charge is 0.508 e. The third kappa shape index (κ3) is 2.70. The fraction of sp³-hybridized carbons (Fsp3) is 0.500. The summed E-state index contributed by atoms with van der Waals surface area (Å²) in [4.78, 5) is 2.43. The molecule has 0 spiro atoms. The molecular weight excluding hydrogens is 188 g/mol. The van der Waals surface area contributed by atoms with Gasteiger partial charge in [0.25, 0.3) is 0 Å². The van der Waals surface area contributed by atoms with Crippen molar-refractivity contribution in [2.75, 3.05) is 26.2 Å². The topological polar surface area (TPSA) is 35.5 Å². The lowest BCUT2D eigenvalue weighted by atomic mass is 10.1. The molecule has 1 aliphatic heterocycles. The van der Waals surface area contributed by atoms with Crippen molar-refractivity contribution in [2.24, 2.45) is 0 Å². The highest BCUT2D eigenvalue weighted by atomic mass is 16.3. The highest BCUT2D eigenvalue weighted by Crippen LogP contribution is 2.18. The summed E-state index contributed by atoms with van der Waals surface area (Å²) in [6.45, 7) is 7.31. The number of hydrogen-bond acceptors (Lipinski definition) is 3. The van der Waals surface area contributed by atoms with E-state index in [0.717, 1.165) is 38.3 Å². The molecule has 0 saturated carbocycles. The molecule has 0 radical (unpaired) electrons. The Labute approximate surface area is 90.7 Å². The summed E-state index contributed by atoms with van der Waals surface area (Å²) in [5, 5.41) is 12.8. The molecule has 0 bridgehead atoms. The van der Waals surface area contributed by atoms with E-state index in [0.29, 0.717) is 5.75 Å². The van der Waals surface area contributed by atoms with Crippen LogP contribution in [0.5, 0.6) is 5.75 Å². The molecule has 2 rings (SSSR count). The number of benzene rings is 1. The van der Waals surface area contributed by atoms with Gasteiger partial charge in [-0.1, -0.05) is 12.1 Å². The van der Waals surface area contributed by atoms with E-state index >= 15 is 0 Å². The quantitative estimate of drug-likeness (QED) is 0.761. The lowest BCUT2D eigenvalue weighted by molar-refractivity contribution is 0.233. The van der Waals surface area contributed by atoms with E-state index in [9.17, 15) is 5.11 Å². The molecule has 0 aliphatic carbocycles. The zero-order chi connectivity index (χ0) is 10.7. The van der Waals surface area contributed by atoms with E-state index in [-0.39, 0.29) is 0 Å². The highest BCUT2D eigenvalue weighted by Gasteiger charge is 2.10. The van der Waals surface area contributed by atoms with E-state index in [4.69, 9.17) is 0 Å². The Morgan fingerprint density at radius 2 is 2.07 bits per heavy atom. The van der Waals surface area contributed by atoms with Gasteiger partial charge in [0.1, 0.15) is 5.75 Å². The number of phenolic OH excluding ortho intramolecular Hbond substituents is 1. The lowest BCUT2D eigenvalue weighted by Gasteiger charge is -2.27. The third-order valence-corrected chi connectivity index (χ3v) is 2.88. The van der Waals surface area contributed by atoms with Gasteiger partial charge in [-0.3, -0.25) is 4.90 Å². The molecule has 1 aliphatic rings. The summed E-state index contributed by atoms with van der Waals surface area (Å²) >= 11 is 0. The first kappa shape index (κ1) is 10.5. The molecule has 2 N–H and O–H groups in total. The molecule has 3 nitrogen and oxygen atoms in total. The molecular formula is C12H18N2O. The minimum Gasteiger partial charge on any atom is -0.508 e. The van der Waals surface area contributed by atoms with Crippen molar-refractivity contribution in [3.8, 4) is 5.75 Å². The first-order valence-corrected chi connectivity index (χ1v) is 5.47. The van der Waals surface area contributed by atoms with Gasteiger partial charge in [0.2, 0.25) is 0 Å². The minimum absolute atomic E-state index is 0.388. The SMILES string of the molecule is Cc1cc(CN2CCNCC2)ccc1O. The Morgan fingerprint density at radius 3 is 2.73 bits per heavy atom. The van der Waals surface area contributed by atoms with Crippen LogP contribution in [0.25, 0.3) is 0 Å². The van der Waals surface area contributed by atoms with E-state index in [1.165, 1.54) is 5.56 Å². The van der Waals surface area contributed by atoms with Gasteiger partial charge < -0.3 is 10.4 Å². The lowest BCUT2D eigenvalue weighted by Crippen LogP contribution is -2.42. The summed E-state index contributed by atoms with van der Waals surface area (Å²) in [5.74, 6) is 0.388. The Kier molecular flexibility index (Phi) is 3.23. The van der Waals surface area contributed by atoms with Crippen LogP contribution in [0.1, 0.15) is 11.1 Å². The van der Waals surface area contributed by atoms with Crippen molar-refractivity contribution in [2.45, 2.75) is 13.5 Å². The van der Waals surface area contributed by atoms with Crippen molar-refractivity contribution in [1.29, 1.82) is 0 Å². The number of nitrogens with zero attached hydrogens (tertiary/aromatic N) is 1. The molecule has 0 unspecified atom stereocenters. The maximum absolute atomic E-state index is 9.43. The smallest absolute Gasteiger partial charge is 0.118 e. The zero-order valence-corrected chi connectivity index (χ0v) is 9.16. The highest BCUT2D eigenvalue weighted by molar-refractivity contribution is 5.34. The second-order valence-corrected chi connectivity index (χ2v) is 4.15. The van der Waals surface area contributed by atoms with E-state index in [1.807, 2.05) is 13.0 Å². The standard InChI is InChI=1S/C12H18N2O/c1-10-8-11(2-3-12(10)15)9-14-6-4-13-5-7-14/h2-3,8,13,15H,4-7,9H2,1H3. The molecule has 82 valence electrons. The molecule has 1 aromatic carbocycles. The summed E-state index contributed by atoms with van der Waals surface area (Å²) in [6, 6.07) is 5.86. The van der Waals surface area contributed by atoms with E-state index < -0.39 is 0 Å². The van der Waals surface area contributed by atoms with Gasteiger partial charge in [-0.2, -0.15) is 0 Å². The molecule has 0 amide bonds. The maximum atomic E-state index is 9.43. The van der Waals surface area contributed by atoms with Gasteiger partial charge in [-0.05, 0) is 24.1 Å². The number of aromatic hydroxyl groups is 1. The van der Waals surface area contributed by atoms with Crippen LogP contribution in [-0.2, 0) is 6.54 Å². The van der Waals surface area contributed by atoms with Crippen LogP contribution in [0.15, 0.2) is 18.2 Å². The van der Waals surface area contributed by atoms with Crippen molar-refractivity contribution >= 4 is 0 Å². The molecule has 3 heteroatoms. The van der Waals surface area contributed by atoms with Crippen LogP contribution < -0.4 is 5.32 Å². The summed E-state index contributed by atoms with van der Waals surface area (Å²) in [7, 11) is 0. The average Bonchev–Trinajstić information content (AvgIpc) is 2.25. The van der Waals surface area contributed by atoms with Crippen molar-refractivity contribution < 1.29 is 5.11 Å². The molecule has 15 heavy (non-hydrogen) atoms. The number of nitrogens with one attached hydrogen (secondary N) is 1. The number of rotatable bonds is 2. The van der Waals surface area contributed by atoms with Crippen LogP contribution in [-0.4, -0.2) is 36.2 Å². The predicted molar refractivity (Wildman–Crippen MR) is 61.0 cm³/mol. The van der Waals surface area contributed by atoms with Crippen LogP contribution in [0.3, 0.4) is 0 Å². The van der Waals surface area contributed by atoms with Crippen LogP contribution in [0, 0.1) is 6.92 Å². The van der Waals surface area contributed by atoms with Crippen molar-refractivity contribution in [1.82, 2.24) is 10.2 Å². The first-order valence-electron chi connectivity index (χ1n) is 5.47. The molecule has 1 heterocycles. The van der Waals surface area contributed by atoms with Gasteiger partial charge in [0, 0.05) is 32.7 Å². The minimum atomic E-state index is 0.388. The van der Waals surface area contributed by atoms with Crippen molar-refractivity contribution in [3.63, 3.8) is 0 Å². The predicted octanol–water partition coefficient (Wildman–Crippen LogP) is 1.11. The van der Waals surface area contributed by atoms with E-state index in [1.54, 1.807) is 6.07 Å². The monoisotopic (exact) mass is 206 g/mol. The summed E-state index contributed by atoms with van der Waals surface area (Å²) in [5.41, 5.74) is 2.25. The normalized spacial score (nSPS) is 17.9. The van der Waals surface area contributed by atoms with Gasteiger partial charge in [-0.15, -0.1) is 0 Å². The molecule has 1 saturated heterocycles. The van der Waals surface area contributed by atoms with Gasteiger partial charge in [0.15, 0.2) is 0 Å². The Morgan fingerprint density at radius 1 is 1.33 bits per heavy atom.